The van der Waals surface area contributed by atoms with Crippen molar-refractivity contribution >= 4 is 6.03 Å². The van der Waals surface area contributed by atoms with Crippen LogP contribution in [-0.4, -0.2) is 30.2 Å². The summed E-state index contributed by atoms with van der Waals surface area (Å²) in [6.45, 7) is 0.733. The Bertz CT molecular complexity index is 198. The van der Waals surface area contributed by atoms with E-state index >= 15 is 0 Å². The van der Waals surface area contributed by atoms with Gasteiger partial charge in [-0.15, -0.1) is 0 Å². The van der Waals surface area contributed by atoms with E-state index in [9.17, 15) is 18.0 Å². The Hall–Kier alpha value is -0.940. The molecule has 0 aliphatic carbocycles. The lowest BCUT2D eigenvalue weighted by atomic mass is 9.95. The Morgan fingerprint density at radius 3 is 2.38 bits per heavy atom. The molecule has 1 fully saturated rings. The molecule has 0 bridgehead atoms. The smallest absolute Gasteiger partial charge is 0.351 e. The first-order valence-corrected chi connectivity index (χ1v) is 3.99. The molecule has 1 heterocycles. The molecule has 0 aromatic rings. The highest BCUT2D eigenvalue weighted by atomic mass is 19.4. The number of carbonyl (C=O) groups is 1. The second kappa shape index (κ2) is 3.43. The fourth-order valence-electron chi connectivity index (χ4n) is 1.30. The van der Waals surface area contributed by atoms with E-state index in [0.717, 1.165) is 0 Å². The van der Waals surface area contributed by atoms with Gasteiger partial charge >= 0.3 is 12.2 Å². The van der Waals surface area contributed by atoms with E-state index in [1.807, 2.05) is 0 Å². The summed E-state index contributed by atoms with van der Waals surface area (Å²) in [5, 5.41) is 0. The molecule has 3 nitrogen and oxygen atoms in total. The van der Waals surface area contributed by atoms with Crippen molar-refractivity contribution in [1.29, 1.82) is 0 Å². The number of urea groups is 1. The van der Waals surface area contributed by atoms with Gasteiger partial charge < -0.3 is 10.6 Å². The topological polar surface area (TPSA) is 46.3 Å². The summed E-state index contributed by atoms with van der Waals surface area (Å²) in [6.07, 6.45) is -4.77. The number of rotatable bonds is 2. The molecular weight excluding hydrogens is 185 g/mol. The standard InChI is InChI=1S/C7H11F3N2O/c8-7(9,10)2-1-5-3-12(4-5)6(11)13/h5H,1-4H2,(H2,11,13). The van der Waals surface area contributed by atoms with Crippen LogP contribution < -0.4 is 5.73 Å². The van der Waals surface area contributed by atoms with Crippen LogP contribution in [0.15, 0.2) is 0 Å². The Kier molecular flexibility index (Phi) is 2.68. The molecule has 1 aliphatic rings. The summed E-state index contributed by atoms with van der Waals surface area (Å²) in [5.41, 5.74) is 4.91. The van der Waals surface area contributed by atoms with Gasteiger partial charge in [0.25, 0.3) is 0 Å². The minimum absolute atomic E-state index is 0.0332. The highest BCUT2D eigenvalue weighted by molar-refractivity contribution is 5.72. The maximum atomic E-state index is 11.7. The van der Waals surface area contributed by atoms with Crippen molar-refractivity contribution in [3.63, 3.8) is 0 Å². The van der Waals surface area contributed by atoms with Crippen molar-refractivity contribution in [1.82, 2.24) is 4.90 Å². The molecule has 76 valence electrons. The predicted octanol–water partition coefficient (Wildman–Crippen LogP) is 1.34. The van der Waals surface area contributed by atoms with Gasteiger partial charge in [-0.3, -0.25) is 0 Å². The molecule has 1 saturated heterocycles. The van der Waals surface area contributed by atoms with E-state index in [4.69, 9.17) is 5.73 Å². The molecule has 0 unspecified atom stereocenters. The number of nitrogens with two attached hydrogens (primary N) is 1. The van der Waals surface area contributed by atoms with Gasteiger partial charge in [-0.1, -0.05) is 0 Å². The van der Waals surface area contributed by atoms with E-state index in [1.54, 1.807) is 0 Å². The van der Waals surface area contributed by atoms with Gasteiger partial charge in [0.15, 0.2) is 0 Å². The predicted molar refractivity (Wildman–Crippen MR) is 39.9 cm³/mol. The number of carbonyl (C=O) groups excluding carboxylic acids is 1. The maximum Gasteiger partial charge on any atom is 0.389 e. The minimum atomic E-state index is -4.09. The summed E-state index contributed by atoms with van der Waals surface area (Å²) in [6, 6.07) is -0.553. The number of halogens is 3. The number of hydrogen-bond acceptors (Lipinski definition) is 1. The van der Waals surface area contributed by atoms with Crippen molar-refractivity contribution in [3.8, 4) is 0 Å². The van der Waals surface area contributed by atoms with E-state index in [2.05, 4.69) is 0 Å². The number of primary amides is 1. The molecule has 0 atom stereocenters. The highest BCUT2D eigenvalue weighted by Crippen LogP contribution is 2.27. The second-order valence-corrected chi connectivity index (χ2v) is 3.26. The first-order chi connectivity index (χ1) is 5.88. The molecule has 2 N–H and O–H groups in total. The maximum absolute atomic E-state index is 11.7. The van der Waals surface area contributed by atoms with Gasteiger partial charge in [0.05, 0.1) is 0 Å². The molecule has 1 rings (SSSR count). The zero-order valence-corrected chi connectivity index (χ0v) is 6.97. The lowest BCUT2D eigenvalue weighted by molar-refractivity contribution is -0.139. The van der Waals surface area contributed by atoms with Gasteiger partial charge in [0.1, 0.15) is 0 Å². The Morgan fingerprint density at radius 2 is 2.00 bits per heavy atom. The molecule has 0 aromatic heterocycles. The average Bonchev–Trinajstić information content (AvgIpc) is 1.79. The first-order valence-electron chi connectivity index (χ1n) is 3.99. The molecular formula is C7H11F3N2O. The number of alkyl halides is 3. The number of hydrogen-bond donors (Lipinski definition) is 1. The molecule has 13 heavy (non-hydrogen) atoms. The van der Waals surface area contributed by atoms with Crippen LogP contribution in [-0.2, 0) is 0 Å². The molecule has 0 aromatic carbocycles. The number of likely N-dealkylation sites (tertiary alicyclic amines) is 1. The Labute approximate surface area is 73.7 Å². The Morgan fingerprint density at radius 1 is 1.46 bits per heavy atom. The summed E-state index contributed by atoms with van der Waals surface area (Å²) in [5.74, 6) is -0.0332. The summed E-state index contributed by atoms with van der Waals surface area (Å²) >= 11 is 0. The van der Waals surface area contributed by atoms with Crippen molar-refractivity contribution in [2.45, 2.75) is 19.0 Å². The third-order valence-corrected chi connectivity index (χ3v) is 2.10. The highest BCUT2D eigenvalue weighted by Gasteiger charge is 2.34. The van der Waals surface area contributed by atoms with Crippen LogP contribution in [0.25, 0.3) is 0 Å². The first kappa shape index (κ1) is 10.1. The summed E-state index contributed by atoms with van der Waals surface area (Å²) in [7, 11) is 0. The van der Waals surface area contributed by atoms with Gasteiger partial charge in [-0.05, 0) is 12.3 Å². The summed E-state index contributed by atoms with van der Waals surface area (Å²) in [4.78, 5) is 11.8. The fourth-order valence-corrected chi connectivity index (χ4v) is 1.30. The zero-order chi connectivity index (χ0) is 10.1. The van der Waals surface area contributed by atoms with E-state index in [1.165, 1.54) is 4.90 Å². The van der Waals surface area contributed by atoms with Gasteiger partial charge in [0.2, 0.25) is 0 Å². The molecule has 6 heteroatoms. The lowest BCUT2D eigenvalue weighted by Crippen LogP contribution is -2.52. The second-order valence-electron chi connectivity index (χ2n) is 3.26. The van der Waals surface area contributed by atoms with Gasteiger partial charge in [0, 0.05) is 19.5 Å². The monoisotopic (exact) mass is 196 g/mol. The van der Waals surface area contributed by atoms with Crippen LogP contribution in [0, 0.1) is 5.92 Å². The minimum Gasteiger partial charge on any atom is -0.351 e. The van der Waals surface area contributed by atoms with Crippen LogP contribution in [0.2, 0.25) is 0 Å². The van der Waals surface area contributed by atoms with Crippen LogP contribution in [0.1, 0.15) is 12.8 Å². The van der Waals surface area contributed by atoms with Crippen molar-refractivity contribution < 1.29 is 18.0 Å². The molecule has 1 aliphatic heterocycles. The molecule has 0 saturated carbocycles. The quantitative estimate of drug-likeness (QED) is 0.711. The number of amides is 2. The summed E-state index contributed by atoms with van der Waals surface area (Å²) < 4.78 is 35.2. The number of nitrogens with zero attached hydrogens (tertiary/aromatic N) is 1. The van der Waals surface area contributed by atoms with Crippen molar-refractivity contribution in [3.05, 3.63) is 0 Å². The third-order valence-electron chi connectivity index (χ3n) is 2.10. The van der Waals surface area contributed by atoms with Crippen LogP contribution in [0.5, 0.6) is 0 Å². The molecule has 2 amide bonds. The SMILES string of the molecule is NC(=O)N1CC(CCC(F)(F)F)C1. The van der Waals surface area contributed by atoms with E-state index < -0.39 is 18.6 Å². The average molecular weight is 196 g/mol. The van der Waals surface area contributed by atoms with Gasteiger partial charge in [-0.2, -0.15) is 13.2 Å². The zero-order valence-electron chi connectivity index (χ0n) is 6.97. The van der Waals surface area contributed by atoms with Crippen molar-refractivity contribution in [2.24, 2.45) is 11.7 Å². The van der Waals surface area contributed by atoms with Crippen LogP contribution in [0.4, 0.5) is 18.0 Å². The van der Waals surface area contributed by atoms with Crippen molar-refractivity contribution in [2.75, 3.05) is 13.1 Å². The Balaban J connectivity index is 2.12. The molecule has 0 radical (unpaired) electrons. The fraction of sp³-hybridized carbons (Fsp3) is 0.857. The van der Waals surface area contributed by atoms with Crippen LogP contribution >= 0.6 is 0 Å². The largest absolute Gasteiger partial charge is 0.389 e. The third kappa shape index (κ3) is 3.12. The van der Waals surface area contributed by atoms with E-state index in [-0.39, 0.29) is 12.3 Å². The normalized spacial score (nSPS) is 18.5. The lowest BCUT2D eigenvalue weighted by Gasteiger charge is -2.38. The molecule has 0 spiro atoms. The van der Waals surface area contributed by atoms with E-state index in [0.29, 0.717) is 13.1 Å². The van der Waals surface area contributed by atoms with Gasteiger partial charge in [-0.25, -0.2) is 4.79 Å². The van der Waals surface area contributed by atoms with Crippen LogP contribution in [0.3, 0.4) is 0 Å².